The van der Waals surface area contributed by atoms with Gasteiger partial charge in [0.15, 0.2) is 0 Å². The normalized spacial score (nSPS) is 15.1. The Morgan fingerprint density at radius 1 is 1.29 bits per heavy atom. The van der Waals surface area contributed by atoms with Gasteiger partial charge in [0.2, 0.25) is 0 Å². The predicted octanol–water partition coefficient (Wildman–Crippen LogP) is 3.41. The van der Waals surface area contributed by atoms with Gasteiger partial charge in [0.05, 0.1) is 5.92 Å². The van der Waals surface area contributed by atoms with Crippen molar-refractivity contribution >= 4 is 5.97 Å². The summed E-state index contributed by atoms with van der Waals surface area (Å²) in [5.41, 5.74) is 0. The first-order valence-corrected chi connectivity index (χ1v) is 5.46. The maximum Gasteiger partial charge on any atom is 0.309 e. The summed E-state index contributed by atoms with van der Waals surface area (Å²) in [6, 6.07) is 0. The Morgan fingerprint density at radius 3 is 2.36 bits per heavy atom. The monoisotopic (exact) mass is 204 g/mol. The standard InChI is InChI=1S/C11H21FO2/c1-3-4-5-6-7-8-10(12)9(2)11(13)14/h9-10H,3-8H2,1-2H3,(H,13,14)/t9-,10-/m1/s1. The van der Waals surface area contributed by atoms with Gasteiger partial charge in [0.1, 0.15) is 6.17 Å². The summed E-state index contributed by atoms with van der Waals surface area (Å²) in [4.78, 5) is 10.4. The average molecular weight is 204 g/mol. The molecule has 1 N–H and O–H groups in total. The van der Waals surface area contributed by atoms with Crippen LogP contribution in [0.5, 0.6) is 0 Å². The van der Waals surface area contributed by atoms with Gasteiger partial charge in [0, 0.05) is 0 Å². The molecule has 0 rings (SSSR count). The van der Waals surface area contributed by atoms with Gasteiger partial charge in [-0.15, -0.1) is 0 Å². The lowest BCUT2D eigenvalue weighted by atomic mass is 10.00. The van der Waals surface area contributed by atoms with Gasteiger partial charge < -0.3 is 5.11 Å². The van der Waals surface area contributed by atoms with Gasteiger partial charge in [-0.25, -0.2) is 4.39 Å². The molecule has 0 saturated carbocycles. The average Bonchev–Trinajstić information content (AvgIpc) is 2.16. The number of aliphatic carboxylic acids is 1. The molecule has 84 valence electrons. The first-order chi connectivity index (χ1) is 6.59. The van der Waals surface area contributed by atoms with E-state index >= 15 is 0 Å². The van der Waals surface area contributed by atoms with E-state index in [1.54, 1.807) is 0 Å². The molecule has 0 aromatic carbocycles. The van der Waals surface area contributed by atoms with Crippen LogP contribution in [0.3, 0.4) is 0 Å². The minimum absolute atomic E-state index is 0.386. The van der Waals surface area contributed by atoms with Crippen LogP contribution in [0, 0.1) is 5.92 Å². The third kappa shape index (κ3) is 5.95. The van der Waals surface area contributed by atoms with Gasteiger partial charge in [0.25, 0.3) is 0 Å². The van der Waals surface area contributed by atoms with Gasteiger partial charge in [-0.2, -0.15) is 0 Å². The molecule has 0 amide bonds. The Balaban J connectivity index is 3.43. The van der Waals surface area contributed by atoms with Crippen LogP contribution in [0.15, 0.2) is 0 Å². The van der Waals surface area contributed by atoms with Gasteiger partial charge in [-0.1, -0.05) is 39.0 Å². The molecule has 0 aromatic rings. The second kappa shape index (κ2) is 7.77. The number of halogens is 1. The Hall–Kier alpha value is -0.600. The van der Waals surface area contributed by atoms with Crippen LogP contribution in [-0.2, 0) is 4.79 Å². The Bertz CT molecular complexity index is 159. The van der Waals surface area contributed by atoms with E-state index in [0.29, 0.717) is 6.42 Å². The lowest BCUT2D eigenvalue weighted by molar-refractivity contribution is -0.143. The summed E-state index contributed by atoms with van der Waals surface area (Å²) in [7, 11) is 0. The van der Waals surface area contributed by atoms with E-state index in [4.69, 9.17) is 5.11 Å². The second-order valence-corrected chi connectivity index (χ2v) is 3.85. The van der Waals surface area contributed by atoms with Crippen LogP contribution in [0.2, 0.25) is 0 Å². The summed E-state index contributed by atoms with van der Waals surface area (Å²) < 4.78 is 13.2. The highest BCUT2D eigenvalue weighted by Gasteiger charge is 2.22. The zero-order chi connectivity index (χ0) is 11.0. The predicted molar refractivity (Wildman–Crippen MR) is 55.1 cm³/mol. The molecule has 14 heavy (non-hydrogen) atoms. The summed E-state index contributed by atoms with van der Waals surface area (Å²) in [5, 5.41) is 8.55. The van der Waals surface area contributed by atoms with E-state index in [-0.39, 0.29) is 0 Å². The maximum atomic E-state index is 13.2. The number of rotatable bonds is 8. The minimum Gasteiger partial charge on any atom is -0.481 e. The lowest BCUT2D eigenvalue weighted by Gasteiger charge is -2.11. The topological polar surface area (TPSA) is 37.3 Å². The van der Waals surface area contributed by atoms with Crippen LogP contribution in [0.1, 0.15) is 52.4 Å². The quantitative estimate of drug-likeness (QED) is 0.615. The highest BCUT2D eigenvalue weighted by atomic mass is 19.1. The summed E-state index contributed by atoms with van der Waals surface area (Å²) in [6.45, 7) is 3.56. The number of unbranched alkanes of at least 4 members (excludes halogenated alkanes) is 4. The molecule has 0 heterocycles. The highest BCUT2D eigenvalue weighted by molar-refractivity contribution is 5.70. The summed E-state index contributed by atoms with van der Waals surface area (Å²) in [5.74, 6) is -1.90. The lowest BCUT2D eigenvalue weighted by Crippen LogP contribution is -2.21. The molecule has 0 radical (unpaired) electrons. The third-order valence-electron chi connectivity index (χ3n) is 2.52. The molecule has 3 heteroatoms. The zero-order valence-electron chi connectivity index (χ0n) is 9.13. The molecular formula is C11H21FO2. The fourth-order valence-electron chi connectivity index (χ4n) is 1.35. The van der Waals surface area contributed by atoms with Crippen LogP contribution < -0.4 is 0 Å². The molecule has 0 unspecified atom stereocenters. The Kier molecular flexibility index (Phi) is 7.44. The van der Waals surface area contributed by atoms with Gasteiger partial charge in [-0.05, 0) is 13.3 Å². The number of carbonyl (C=O) groups is 1. The van der Waals surface area contributed by atoms with E-state index in [9.17, 15) is 9.18 Å². The first kappa shape index (κ1) is 13.4. The Morgan fingerprint density at radius 2 is 1.86 bits per heavy atom. The van der Waals surface area contributed by atoms with E-state index < -0.39 is 18.1 Å². The fourth-order valence-corrected chi connectivity index (χ4v) is 1.35. The number of carboxylic acid groups (broad SMARTS) is 1. The molecular weight excluding hydrogens is 183 g/mol. The molecule has 0 fully saturated rings. The van der Waals surface area contributed by atoms with Crippen molar-refractivity contribution < 1.29 is 14.3 Å². The van der Waals surface area contributed by atoms with Crippen molar-refractivity contribution in [2.24, 2.45) is 5.92 Å². The highest BCUT2D eigenvalue weighted by Crippen LogP contribution is 2.16. The van der Waals surface area contributed by atoms with Crippen LogP contribution in [0.4, 0.5) is 4.39 Å². The number of hydrogen-bond acceptors (Lipinski definition) is 1. The van der Waals surface area contributed by atoms with Crippen molar-refractivity contribution in [3.63, 3.8) is 0 Å². The second-order valence-electron chi connectivity index (χ2n) is 3.85. The van der Waals surface area contributed by atoms with Gasteiger partial charge >= 0.3 is 5.97 Å². The SMILES string of the molecule is CCCCCCC[C@@H](F)[C@@H](C)C(=O)O. The van der Waals surface area contributed by atoms with Crippen molar-refractivity contribution in [1.29, 1.82) is 0 Å². The number of alkyl halides is 1. The van der Waals surface area contributed by atoms with E-state index in [2.05, 4.69) is 6.92 Å². The van der Waals surface area contributed by atoms with Crippen molar-refractivity contribution in [1.82, 2.24) is 0 Å². The summed E-state index contributed by atoms with van der Waals surface area (Å²) >= 11 is 0. The van der Waals surface area contributed by atoms with Gasteiger partial charge in [-0.3, -0.25) is 4.79 Å². The van der Waals surface area contributed by atoms with Crippen molar-refractivity contribution in [3.05, 3.63) is 0 Å². The molecule has 0 aliphatic rings. The molecule has 0 spiro atoms. The smallest absolute Gasteiger partial charge is 0.309 e. The molecule has 0 aliphatic carbocycles. The zero-order valence-corrected chi connectivity index (χ0v) is 9.13. The summed E-state index contributed by atoms with van der Waals surface area (Å²) in [6.07, 6.45) is 4.51. The van der Waals surface area contributed by atoms with Crippen molar-refractivity contribution in [3.8, 4) is 0 Å². The first-order valence-electron chi connectivity index (χ1n) is 5.46. The molecule has 0 aliphatic heterocycles. The minimum atomic E-state index is -1.19. The van der Waals surface area contributed by atoms with E-state index in [0.717, 1.165) is 19.3 Å². The number of hydrogen-bond donors (Lipinski definition) is 1. The molecule has 2 nitrogen and oxygen atoms in total. The fraction of sp³-hybridized carbons (Fsp3) is 0.909. The van der Waals surface area contributed by atoms with E-state index in [1.807, 2.05) is 0 Å². The molecule has 0 saturated heterocycles. The largest absolute Gasteiger partial charge is 0.481 e. The number of carboxylic acids is 1. The Labute approximate surface area is 85.5 Å². The molecule has 2 atom stereocenters. The van der Waals surface area contributed by atoms with Crippen LogP contribution in [-0.4, -0.2) is 17.2 Å². The van der Waals surface area contributed by atoms with Crippen molar-refractivity contribution in [2.45, 2.75) is 58.5 Å². The maximum absolute atomic E-state index is 13.2. The van der Waals surface area contributed by atoms with E-state index in [1.165, 1.54) is 19.8 Å². The molecule has 0 bridgehead atoms. The van der Waals surface area contributed by atoms with Crippen LogP contribution >= 0.6 is 0 Å². The molecule has 0 aromatic heterocycles. The van der Waals surface area contributed by atoms with Crippen molar-refractivity contribution in [2.75, 3.05) is 0 Å². The van der Waals surface area contributed by atoms with Crippen LogP contribution in [0.25, 0.3) is 0 Å². The third-order valence-corrected chi connectivity index (χ3v) is 2.52.